The van der Waals surface area contributed by atoms with Gasteiger partial charge in [0.15, 0.2) is 11.5 Å². The summed E-state index contributed by atoms with van der Waals surface area (Å²) in [5.74, 6) is 0.892. The first-order chi connectivity index (χ1) is 14.4. The smallest absolute Gasteiger partial charge is 0.293 e. The van der Waals surface area contributed by atoms with Crippen molar-refractivity contribution in [1.29, 1.82) is 0 Å². The van der Waals surface area contributed by atoms with Crippen LogP contribution in [0.1, 0.15) is 18.1 Å². The minimum absolute atomic E-state index is 0.204. The molecule has 0 radical (unpaired) electrons. The Morgan fingerprint density at radius 1 is 1.20 bits per heavy atom. The van der Waals surface area contributed by atoms with Crippen LogP contribution in [0.15, 0.2) is 54.0 Å². The van der Waals surface area contributed by atoms with Gasteiger partial charge in [0.05, 0.1) is 21.6 Å². The van der Waals surface area contributed by atoms with Gasteiger partial charge in [-0.3, -0.25) is 14.5 Å². The van der Waals surface area contributed by atoms with Crippen LogP contribution in [0.5, 0.6) is 11.5 Å². The quantitative estimate of drug-likeness (QED) is 0.222. The molecule has 0 saturated carbocycles. The molecule has 8 heteroatoms. The maximum absolute atomic E-state index is 12.8. The summed E-state index contributed by atoms with van der Waals surface area (Å²) >= 11 is 8.99. The van der Waals surface area contributed by atoms with Crippen molar-refractivity contribution in [3.63, 3.8) is 0 Å². The first-order valence-electron chi connectivity index (χ1n) is 9.12. The van der Waals surface area contributed by atoms with Crippen LogP contribution in [0.3, 0.4) is 0 Å². The first-order valence-corrected chi connectivity index (χ1v) is 11.4. The fraction of sp³-hybridized carbons (Fsp3) is 0.182. The van der Waals surface area contributed by atoms with E-state index in [2.05, 4.69) is 29.2 Å². The van der Waals surface area contributed by atoms with Gasteiger partial charge in [-0.25, -0.2) is 0 Å². The molecule has 2 aromatic carbocycles. The van der Waals surface area contributed by atoms with Crippen molar-refractivity contribution in [1.82, 2.24) is 4.90 Å². The molecule has 2 aromatic rings. The van der Waals surface area contributed by atoms with Gasteiger partial charge in [-0.15, -0.1) is 0 Å². The van der Waals surface area contributed by atoms with Gasteiger partial charge in [-0.1, -0.05) is 36.4 Å². The number of ether oxygens (including phenoxy) is 2. The van der Waals surface area contributed by atoms with Crippen molar-refractivity contribution in [2.45, 2.75) is 13.5 Å². The number of nitrogens with zero attached hydrogens (tertiary/aromatic N) is 1. The molecule has 0 N–H and O–H groups in total. The lowest BCUT2D eigenvalue weighted by molar-refractivity contribution is -0.123. The molecule has 2 amide bonds. The highest BCUT2D eigenvalue weighted by atomic mass is 127. The molecular weight excluding hydrogens is 537 g/mol. The predicted molar refractivity (Wildman–Crippen MR) is 129 cm³/mol. The number of halogens is 2. The molecule has 3 rings (SSSR count). The van der Waals surface area contributed by atoms with Gasteiger partial charge in [0.25, 0.3) is 11.1 Å². The largest absolute Gasteiger partial charge is 0.490 e. The van der Waals surface area contributed by atoms with E-state index in [9.17, 15) is 9.59 Å². The molecule has 156 valence electrons. The number of hydrogen-bond acceptors (Lipinski definition) is 5. The molecular formula is C22H19ClINO4S. The van der Waals surface area contributed by atoms with Crippen molar-refractivity contribution < 1.29 is 19.1 Å². The van der Waals surface area contributed by atoms with E-state index in [4.69, 9.17) is 21.1 Å². The standard InChI is InChI=1S/C22H19ClINO4S/c1-3-9-29-20-17(24)10-15(11-18(20)28-4-2)12-19-21(26)25(22(27)30-19)13-14-5-7-16(23)8-6-14/h3,5-8,10-12H,1,4,9,13H2,2H3. The Kier molecular flexibility index (Phi) is 7.85. The number of imide groups is 1. The van der Waals surface area contributed by atoms with E-state index in [-0.39, 0.29) is 17.7 Å². The van der Waals surface area contributed by atoms with Crippen LogP contribution in [0.25, 0.3) is 6.08 Å². The van der Waals surface area contributed by atoms with Gasteiger partial charge >= 0.3 is 0 Å². The Morgan fingerprint density at radius 2 is 1.93 bits per heavy atom. The van der Waals surface area contributed by atoms with E-state index in [1.807, 2.05) is 13.0 Å². The Bertz CT molecular complexity index is 1010. The summed E-state index contributed by atoms with van der Waals surface area (Å²) in [6.45, 7) is 6.59. The van der Waals surface area contributed by atoms with E-state index in [1.54, 1.807) is 42.5 Å². The fourth-order valence-electron chi connectivity index (χ4n) is 2.78. The van der Waals surface area contributed by atoms with Gasteiger partial charge in [-0.05, 0) is 82.7 Å². The lowest BCUT2D eigenvalue weighted by Gasteiger charge is -2.14. The van der Waals surface area contributed by atoms with E-state index < -0.39 is 0 Å². The summed E-state index contributed by atoms with van der Waals surface area (Å²) in [7, 11) is 0. The third-order valence-electron chi connectivity index (χ3n) is 4.10. The van der Waals surface area contributed by atoms with Crippen LogP contribution in [0, 0.1) is 3.57 Å². The zero-order valence-corrected chi connectivity index (χ0v) is 19.9. The van der Waals surface area contributed by atoms with Crippen LogP contribution >= 0.6 is 46.0 Å². The van der Waals surface area contributed by atoms with E-state index in [1.165, 1.54) is 4.90 Å². The van der Waals surface area contributed by atoms with Crippen molar-refractivity contribution in [3.05, 3.63) is 73.7 Å². The van der Waals surface area contributed by atoms with Crippen LogP contribution in [-0.4, -0.2) is 29.3 Å². The third kappa shape index (κ3) is 5.39. The number of carbonyl (C=O) groups excluding carboxylic acids is 2. The normalized spacial score (nSPS) is 15.0. The van der Waals surface area contributed by atoms with Gasteiger partial charge < -0.3 is 9.47 Å². The van der Waals surface area contributed by atoms with E-state index in [0.29, 0.717) is 34.6 Å². The van der Waals surface area contributed by atoms with Crippen LogP contribution in [0.2, 0.25) is 5.02 Å². The molecule has 1 heterocycles. The number of benzene rings is 2. The average molecular weight is 556 g/mol. The highest BCUT2D eigenvalue weighted by Crippen LogP contribution is 2.38. The fourth-order valence-corrected chi connectivity index (χ4v) is 4.52. The Labute approximate surface area is 198 Å². The predicted octanol–water partition coefficient (Wildman–Crippen LogP) is 6.14. The average Bonchev–Trinajstić information content (AvgIpc) is 2.96. The monoisotopic (exact) mass is 555 g/mol. The molecule has 0 unspecified atom stereocenters. The summed E-state index contributed by atoms with van der Waals surface area (Å²) in [6, 6.07) is 10.8. The highest BCUT2D eigenvalue weighted by Gasteiger charge is 2.35. The minimum atomic E-state index is -0.320. The zero-order valence-electron chi connectivity index (χ0n) is 16.2. The topological polar surface area (TPSA) is 55.8 Å². The molecule has 0 atom stereocenters. The summed E-state index contributed by atoms with van der Waals surface area (Å²) in [5.41, 5.74) is 1.59. The number of carbonyl (C=O) groups is 2. The van der Waals surface area contributed by atoms with Crippen molar-refractivity contribution in [2.75, 3.05) is 13.2 Å². The second kappa shape index (κ2) is 10.4. The van der Waals surface area contributed by atoms with Crippen LogP contribution in [0.4, 0.5) is 4.79 Å². The molecule has 5 nitrogen and oxygen atoms in total. The second-order valence-corrected chi connectivity index (χ2v) is 8.85. The van der Waals surface area contributed by atoms with Gasteiger partial charge in [0.2, 0.25) is 0 Å². The first kappa shape index (κ1) is 22.7. The number of rotatable bonds is 8. The summed E-state index contributed by atoms with van der Waals surface area (Å²) < 4.78 is 12.3. The molecule has 30 heavy (non-hydrogen) atoms. The van der Waals surface area contributed by atoms with Gasteiger partial charge in [-0.2, -0.15) is 0 Å². The molecule has 1 saturated heterocycles. The SMILES string of the molecule is C=CCOc1c(I)cc(C=C2SC(=O)N(Cc3ccc(Cl)cc3)C2=O)cc1OCC. The van der Waals surface area contributed by atoms with Crippen molar-refractivity contribution >= 4 is 63.2 Å². The Morgan fingerprint density at radius 3 is 2.60 bits per heavy atom. The molecule has 1 aliphatic heterocycles. The maximum atomic E-state index is 12.8. The Hall–Kier alpha value is -1.97. The summed E-state index contributed by atoms with van der Waals surface area (Å²) in [5, 5.41) is 0.305. The van der Waals surface area contributed by atoms with Gasteiger partial charge in [0, 0.05) is 5.02 Å². The molecule has 0 aromatic heterocycles. The molecule has 0 aliphatic carbocycles. The molecule has 0 bridgehead atoms. The zero-order chi connectivity index (χ0) is 21.7. The molecule has 1 aliphatic rings. The lowest BCUT2D eigenvalue weighted by Crippen LogP contribution is -2.27. The van der Waals surface area contributed by atoms with Crippen LogP contribution in [-0.2, 0) is 11.3 Å². The minimum Gasteiger partial charge on any atom is -0.490 e. The number of hydrogen-bond donors (Lipinski definition) is 0. The maximum Gasteiger partial charge on any atom is 0.293 e. The molecule has 0 spiro atoms. The highest BCUT2D eigenvalue weighted by molar-refractivity contribution is 14.1. The van der Waals surface area contributed by atoms with E-state index >= 15 is 0 Å². The van der Waals surface area contributed by atoms with Gasteiger partial charge in [0.1, 0.15) is 6.61 Å². The second-order valence-electron chi connectivity index (χ2n) is 6.26. The summed E-state index contributed by atoms with van der Waals surface area (Å²) in [4.78, 5) is 26.8. The number of amides is 2. The van der Waals surface area contributed by atoms with Crippen molar-refractivity contribution in [3.8, 4) is 11.5 Å². The van der Waals surface area contributed by atoms with Crippen LogP contribution < -0.4 is 9.47 Å². The van der Waals surface area contributed by atoms with E-state index in [0.717, 1.165) is 26.5 Å². The van der Waals surface area contributed by atoms with Crippen molar-refractivity contribution in [2.24, 2.45) is 0 Å². The lowest BCUT2D eigenvalue weighted by atomic mass is 10.1. The number of thioether (sulfide) groups is 1. The third-order valence-corrected chi connectivity index (χ3v) is 6.06. The summed E-state index contributed by atoms with van der Waals surface area (Å²) in [6.07, 6.45) is 3.37. The molecule has 1 fully saturated rings. The Balaban J connectivity index is 1.85.